The summed E-state index contributed by atoms with van der Waals surface area (Å²) in [6, 6.07) is 6.83. The molecule has 0 heterocycles. The van der Waals surface area contributed by atoms with Gasteiger partial charge >= 0.3 is 0 Å². The summed E-state index contributed by atoms with van der Waals surface area (Å²) in [4.78, 5) is 4.45. The smallest absolute Gasteiger partial charge is 0.187 e. The molecule has 4 N–H and O–H groups in total. The first-order valence-corrected chi connectivity index (χ1v) is 4.72. The Morgan fingerprint density at radius 1 is 1.40 bits per heavy atom. The van der Waals surface area contributed by atoms with Crippen LogP contribution in [0.4, 0.5) is 0 Å². The number of hydrogen-bond donors (Lipinski definition) is 3. The molecular weight excluding hydrogens is 220 g/mol. The summed E-state index contributed by atoms with van der Waals surface area (Å²) in [5.74, 6) is 5.55. The van der Waals surface area contributed by atoms with E-state index in [4.69, 9.17) is 27.4 Å². The van der Waals surface area contributed by atoms with Gasteiger partial charge < -0.3 is 9.94 Å². The predicted molar refractivity (Wildman–Crippen MR) is 55.5 cm³/mol. The molecule has 2 unspecified atom stereocenters. The lowest BCUT2D eigenvalue weighted by Gasteiger charge is -2.21. The lowest BCUT2D eigenvalue weighted by atomic mass is 10.3. The van der Waals surface area contributed by atoms with Gasteiger partial charge in [-0.05, 0) is 31.2 Å². The fourth-order valence-electron chi connectivity index (χ4n) is 1.04. The van der Waals surface area contributed by atoms with Gasteiger partial charge in [-0.2, -0.15) is 5.48 Å². The van der Waals surface area contributed by atoms with Gasteiger partial charge in [0, 0.05) is 5.02 Å². The molecule has 15 heavy (non-hydrogen) atoms. The van der Waals surface area contributed by atoms with E-state index in [-0.39, 0.29) is 0 Å². The van der Waals surface area contributed by atoms with Gasteiger partial charge in [0.05, 0.1) is 0 Å². The first-order valence-electron chi connectivity index (χ1n) is 4.34. The zero-order valence-electron chi connectivity index (χ0n) is 8.18. The van der Waals surface area contributed by atoms with E-state index in [0.717, 1.165) is 0 Å². The molecule has 1 rings (SSSR count). The highest BCUT2D eigenvalue weighted by Gasteiger charge is 2.17. The van der Waals surface area contributed by atoms with Crippen molar-refractivity contribution in [3.05, 3.63) is 29.3 Å². The molecule has 0 bridgehead atoms. The maximum Gasteiger partial charge on any atom is 0.187 e. The minimum Gasteiger partial charge on any atom is -0.486 e. The fourth-order valence-corrected chi connectivity index (χ4v) is 1.16. The molecule has 0 radical (unpaired) electrons. The maximum absolute atomic E-state index is 8.66. The number of hydrogen-bond acceptors (Lipinski definition) is 5. The average Bonchev–Trinajstić information content (AvgIpc) is 2.23. The predicted octanol–water partition coefficient (Wildman–Crippen LogP) is 1.30. The van der Waals surface area contributed by atoms with Crippen molar-refractivity contribution in [1.82, 2.24) is 5.48 Å². The SMILES string of the molecule is CC(Oc1ccc(Cl)cc1)C(NO)ON. The molecule has 5 nitrogen and oxygen atoms in total. The molecular formula is C9H13ClN2O3. The van der Waals surface area contributed by atoms with E-state index in [1.807, 2.05) is 5.48 Å². The van der Waals surface area contributed by atoms with Gasteiger partial charge in [-0.25, -0.2) is 5.90 Å². The number of ether oxygens (including phenoxy) is 1. The molecule has 0 aromatic heterocycles. The van der Waals surface area contributed by atoms with E-state index in [1.54, 1.807) is 31.2 Å². The largest absolute Gasteiger partial charge is 0.486 e. The van der Waals surface area contributed by atoms with Crippen LogP contribution in [0.3, 0.4) is 0 Å². The van der Waals surface area contributed by atoms with Crippen molar-refractivity contribution < 1.29 is 14.8 Å². The minimum atomic E-state index is -0.791. The molecule has 0 spiro atoms. The zero-order chi connectivity index (χ0) is 11.3. The lowest BCUT2D eigenvalue weighted by molar-refractivity contribution is -0.102. The molecule has 1 aromatic rings. The van der Waals surface area contributed by atoms with Gasteiger partial charge in [-0.3, -0.25) is 4.84 Å². The molecule has 1 aromatic carbocycles. The summed E-state index contributed by atoms with van der Waals surface area (Å²) in [6.45, 7) is 1.70. The van der Waals surface area contributed by atoms with Gasteiger partial charge in [0.1, 0.15) is 11.9 Å². The molecule has 0 saturated heterocycles. The third kappa shape index (κ3) is 3.65. The highest BCUT2D eigenvalue weighted by molar-refractivity contribution is 6.30. The van der Waals surface area contributed by atoms with E-state index in [9.17, 15) is 0 Å². The second-order valence-corrected chi connectivity index (χ2v) is 3.40. The number of rotatable bonds is 5. The number of nitrogens with two attached hydrogens (primary N) is 1. The highest BCUT2D eigenvalue weighted by Crippen LogP contribution is 2.17. The van der Waals surface area contributed by atoms with Crippen LogP contribution in [0.25, 0.3) is 0 Å². The Bertz CT molecular complexity index is 290. The zero-order valence-corrected chi connectivity index (χ0v) is 8.94. The Morgan fingerprint density at radius 3 is 2.47 bits per heavy atom. The third-order valence-corrected chi connectivity index (χ3v) is 2.09. The Hall–Kier alpha value is -0.850. The van der Waals surface area contributed by atoms with Crippen molar-refractivity contribution in [2.75, 3.05) is 0 Å². The van der Waals surface area contributed by atoms with E-state index in [1.165, 1.54) is 0 Å². The summed E-state index contributed by atoms with van der Waals surface area (Å²) >= 11 is 5.71. The topological polar surface area (TPSA) is 76.7 Å². The molecule has 0 saturated carbocycles. The van der Waals surface area contributed by atoms with Crippen LogP contribution >= 0.6 is 11.6 Å². The first-order chi connectivity index (χ1) is 7.17. The summed E-state index contributed by atoms with van der Waals surface area (Å²) < 4.78 is 5.43. The summed E-state index contributed by atoms with van der Waals surface area (Å²) in [7, 11) is 0. The van der Waals surface area contributed by atoms with Gasteiger partial charge in [0.25, 0.3) is 0 Å². The van der Waals surface area contributed by atoms with Gasteiger partial charge in [0.2, 0.25) is 0 Å². The fraction of sp³-hybridized carbons (Fsp3) is 0.333. The Labute approximate surface area is 92.6 Å². The van der Waals surface area contributed by atoms with Gasteiger partial charge in [-0.1, -0.05) is 11.6 Å². The van der Waals surface area contributed by atoms with Crippen LogP contribution < -0.4 is 16.1 Å². The maximum atomic E-state index is 8.66. The second-order valence-electron chi connectivity index (χ2n) is 2.96. The van der Waals surface area contributed by atoms with Crippen molar-refractivity contribution in [2.45, 2.75) is 19.3 Å². The quantitative estimate of drug-likeness (QED) is 0.527. The molecule has 84 valence electrons. The van der Waals surface area contributed by atoms with E-state index in [0.29, 0.717) is 10.8 Å². The summed E-state index contributed by atoms with van der Waals surface area (Å²) in [5.41, 5.74) is 1.88. The first kappa shape index (κ1) is 12.2. The molecule has 0 fully saturated rings. The standard InChI is InChI=1S/C9H13ClN2O3/c1-6(9(12-13)15-11)14-8-4-2-7(10)3-5-8/h2-6,9,12-13H,11H2,1H3. The van der Waals surface area contributed by atoms with E-state index in [2.05, 4.69) is 4.84 Å². The average molecular weight is 233 g/mol. The van der Waals surface area contributed by atoms with Crippen molar-refractivity contribution in [3.8, 4) is 5.75 Å². The van der Waals surface area contributed by atoms with Crippen LogP contribution in [0.15, 0.2) is 24.3 Å². The van der Waals surface area contributed by atoms with Crippen LogP contribution in [0, 0.1) is 0 Å². The lowest BCUT2D eigenvalue weighted by Crippen LogP contribution is -2.43. The van der Waals surface area contributed by atoms with Crippen LogP contribution in [-0.2, 0) is 4.84 Å². The van der Waals surface area contributed by atoms with E-state index < -0.39 is 12.3 Å². The van der Waals surface area contributed by atoms with Crippen molar-refractivity contribution in [3.63, 3.8) is 0 Å². The normalized spacial score (nSPS) is 14.7. The number of hydroxylamine groups is 1. The Balaban J connectivity index is 2.57. The monoisotopic (exact) mass is 232 g/mol. The minimum absolute atomic E-state index is 0.443. The van der Waals surface area contributed by atoms with Crippen LogP contribution in [0.1, 0.15) is 6.92 Å². The summed E-state index contributed by atoms with van der Waals surface area (Å²) in [6.07, 6.45) is -1.23. The van der Waals surface area contributed by atoms with Crippen molar-refractivity contribution in [2.24, 2.45) is 5.90 Å². The Kier molecular flexibility index (Phi) is 4.80. The van der Waals surface area contributed by atoms with Crippen molar-refractivity contribution in [1.29, 1.82) is 0 Å². The van der Waals surface area contributed by atoms with Crippen molar-refractivity contribution >= 4 is 11.6 Å². The third-order valence-electron chi connectivity index (χ3n) is 1.84. The van der Waals surface area contributed by atoms with E-state index >= 15 is 0 Å². The highest BCUT2D eigenvalue weighted by atomic mass is 35.5. The van der Waals surface area contributed by atoms with Gasteiger partial charge in [0.15, 0.2) is 6.23 Å². The van der Waals surface area contributed by atoms with Crippen LogP contribution in [-0.4, -0.2) is 17.5 Å². The second kappa shape index (κ2) is 5.89. The van der Waals surface area contributed by atoms with Crippen LogP contribution in [0.2, 0.25) is 5.02 Å². The molecule has 0 aliphatic carbocycles. The number of benzene rings is 1. The molecule has 0 aliphatic rings. The van der Waals surface area contributed by atoms with Crippen LogP contribution in [0.5, 0.6) is 5.75 Å². The number of halogens is 1. The Morgan fingerprint density at radius 2 is 2.00 bits per heavy atom. The molecule has 6 heteroatoms. The molecule has 2 atom stereocenters. The molecule has 0 amide bonds. The van der Waals surface area contributed by atoms with Gasteiger partial charge in [-0.15, -0.1) is 0 Å². The number of nitrogens with one attached hydrogen (secondary N) is 1. The molecule has 0 aliphatic heterocycles. The summed E-state index contributed by atoms with van der Waals surface area (Å²) in [5, 5.41) is 9.29.